The van der Waals surface area contributed by atoms with Crippen LogP contribution in [0.15, 0.2) is 59.3 Å². The Labute approximate surface area is 250 Å². The summed E-state index contributed by atoms with van der Waals surface area (Å²) in [6.45, 7) is 2.15. The number of nitrogens with one attached hydrogen (secondary N) is 1. The van der Waals surface area contributed by atoms with Crippen molar-refractivity contribution in [3.05, 3.63) is 59.3 Å². The van der Waals surface area contributed by atoms with Crippen LogP contribution in [0.3, 0.4) is 0 Å². The molecule has 42 heavy (non-hydrogen) atoms. The number of rotatable bonds is 9. The third kappa shape index (κ3) is 6.20. The Balaban J connectivity index is 1.16. The van der Waals surface area contributed by atoms with Gasteiger partial charge in [0.05, 0.1) is 17.9 Å². The standard InChI is InChI=1S/C30H36N6O4S2/c1-40-27-11-10-26-29(33-27)41-30(32-26)34-28(37)25(20-21-4-2-3-5-21)22-6-8-24(9-7-22)42(38,39)36-18-16-35(17-19-36)23-12-14-31-15-13-23/h6,8,10-15,21,25H,2-5,7,9,16-20H2,1H3,(H,32,34,37). The van der Waals surface area contributed by atoms with Gasteiger partial charge in [0.15, 0.2) is 5.13 Å². The monoisotopic (exact) mass is 608 g/mol. The van der Waals surface area contributed by atoms with Crippen molar-refractivity contribution in [2.24, 2.45) is 11.8 Å². The van der Waals surface area contributed by atoms with Crippen LogP contribution in [0.25, 0.3) is 10.3 Å². The van der Waals surface area contributed by atoms with Crippen LogP contribution in [0.1, 0.15) is 44.9 Å². The second kappa shape index (κ2) is 12.5. The number of hydrogen-bond acceptors (Lipinski definition) is 9. The lowest BCUT2D eigenvalue weighted by molar-refractivity contribution is -0.119. The minimum absolute atomic E-state index is 0.0916. The Morgan fingerprint density at radius 3 is 2.50 bits per heavy atom. The van der Waals surface area contributed by atoms with E-state index < -0.39 is 10.0 Å². The average molecular weight is 609 g/mol. The highest BCUT2D eigenvalue weighted by atomic mass is 32.2. The molecule has 3 aromatic rings. The fourth-order valence-electron chi connectivity index (χ4n) is 6.21. The van der Waals surface area contributed by atoms with Crippen molar-refractivity contribution >= 4 is 48.4 Å². The zero-order valence-corrected chi connectivity index (χ0v) is 25.4. The Morgan fingerprint density at radius 1 is 1.05 bits per heavy atom. The molecule has 1 saturated heterocycles. The molecule has 4 heterocycles. The van der Waals surface area contributed by atoms with Gasteiger partial charge in [-0.15, -0.1) is 0 Å². The predicted octanol–water partition coefficient (Wildman–Crippen LogP) is 4.99. The van der Waals surface area contributed by atoms with Gasteiger partial charge in [0.2, 0.25) is 21.8 Å². The summed E-state index contributed by atoms with van der Waals surface area (Å²) >= 11 is 1.32. The molecule has 1 N–H and O–H groups in total. The molecule has 0 spiro atoms. The second-order valence-electron chi connectivity index (χ2n) is 11.1. The number of ether oxygens (including phenoxy) is 1. The molecular formula is C30H36N6O4S2. The minimum atomic E-state index is -3.57. The number of piperazine rings is 1. The lowest BCUT2D eigenvalue weighted by Gasteiger charge is -2.36. The lowest BCUT2D eigenvalue weighted by Crippen LogP contribution is -2.49. The van der Waals surface area contributed by atoms with Crippen molar-refractivity contribution in [3.63, 3.8) is 0 Å². The number of fused-ring (bicyclic) bond motifs is 1. The van der Waals surface area contributed by atoms with Crippen molar-refractivity contribution in [1.29, 1.82) is 0 Å². The maximum Gasteiger partial charge on any atom is 0.239 e. The van der Waals surface area contributed by atoms with E-state index in [-0.39, 0.29) is 11.8 Å². The van der Waals surface area contributed by atoms with E-state index in [1.807, 2.05) is 24.3 Å². The minimum Gasteiger partial charge on any atom is -0.481 e. The predicted molar refractivity (Wildman–Crippen MR) is 165 cm³/mol. The van der Waals surface area contributed by atoms with Gasteiger partial charge in [0.1, 0.15) is 10.3 Å². The van der Waals surface area contributed by atoms with E-state index >= 15 is 0 Å². The van der Waals surface area contributed by atoms with Crippen molar-refractivity contribution in [2.45, 2.75) is 44.9 Å². The number of thiazole rings is 1. The average Bonchev–Trinajstić information content (AvgIpc) is 3.69. The van der Waals surface area contributed by atoms with E-state index in [9.17, 15) is 13.2 Å². The number of methoxy groups -OCH3 is 1. The maximum atomic E-state index is 13.7. The highest BCUT2D eigenvalue weighted by molar-refractivity contribution is 7.93. The van der Waals surface area contributed by atoms with Crippen molar-refractivity contribution in [1.82, 2.24) is 19.3 Å². The van der Waals surface area contributed by atoms with Gasteiger partial charge in [-0.1, -0.05) is 48.7 Å². The van der Waals surface area contributed by atoms with Crippen LogP contribution < -0.4 is 15.0 Å². The number of hydrogen-bond donors (Lipinski definition) is 1. The first kappa shape index (κ1) is 28.8. The largest absolute Gasteiger partial charge is 0.481 e. The van der Waals surface area contributed by atoms with Gasteiger partial charge in [-0.3, -0.25) is 9.78 Å². The van der Waals surface area contributed by atoms with Crippen molar-refractivity contribution < 1.29 is 17.9 Å². The molecule has 1 unspecified atom stereocenters. The topological polar surface area (TPSA) is 118 Å². The zero-order chi connectivity index (χ0) is 29.1. The first-order valence-corrected chi connectivity index (χ1v) is 16.8. The summed E-state index contributed by atoms with van der Waals surface area (Å²) in [6, 6.07) is 7.48. The Bertz CT molecular complexity index is 1590. The normalized spacial score (nSPS) is 19.4. The fraction of sp³-hybridized carbons (Fsp3) is 0.467. The summed E-state index contributed by atoms with van der Waals surface area (Å²) in [5, 5.41) is 3.55. The molecule has 2 aliphatic carbocycles. The van der Waals surface area contributed by atoms with E-state index in [0.717, 1.165) is 30.5 Å². The van der Waals surface area contributed by atoms with E-state index in [1.165, 1.54) is 24.2 Å². The van der Waals surface area contributed by atoms with Gasteiger partial charge in [-0.25, -0.2) is 18.4 Å². The maximum absolute atomic E-state index is 13.7. The van der Waals surface area contributed by atoms with Gasteiger partial charge < -0.3 is 15.0 Å². The number of carbonyl (C=O) groups is 1. The molecule has 0 bridgehead atoms. The number of carbonyl (C=O) groups excluding carboxylic acids is 1. The quantitative estimate of drug-likeness (QED) is 0.361. The molecular weight excluding hydrogens is 573 g/mol. The molecule has 3 aromatic heterocycles. The van der Waals surface area contributed by atoms with Crippen LogP contribution in [0.5, 0.6) is 5.88 Å². The van der Waals surface area contributed by atoms with E-state index in [4.69, 9.17) is 4.74 Å². The molecule has 1 aliphatic heterocycles. The number of nitrogens with zero attached hydrogens (tertiary/aromatic N) is 5. The van der Waals surface area contributed by atoms with E-state index in [2.05, 4.69) is 25.2 Å². The number of pyridine rings is 2. The van der Waals surface area contributed by atoms with Crippen LogP contribution in [0.2, 0.25) is 0 Å². The smallest absolute Gasteiger partial charge is 0.239 e. The summed E-state index contributed by atoms with van der Waals surface area (Å²) in [6.07, 6.45) is 13.5. The van der Waals surface area contributed by atoms with Crippen LogP contribution in [0.4, 0.5) is 10.8 Å². The number of amides is 1. The summed E-state index contributed by atoms with van der Waals surface area (Å²) < 4.78 is 33.9. The number of sulfonamides is 1. The van der Waals surface area contributed by atoms with Crippen LogP contribution in [0, 0.1) is 11.8 Å². The van der Waals surface area contributed by atoms with Crippen LogP contribution in [-0.2, 0) is 14.8 Å². The fourth-order valence-corrected chi connectivity index (χ4v) is 8.62. The van der Waals surface area contributed by atoms with E-state index in [1.54, 1.807) is 36.0 Å². The number of allylic oxidation sites excluding steroid dienone is 3. The number of aromatic nitrogens is 3. The van der Waals surface area contributed by atoms with Crippen molar-refractivity contribution in [2.75, 3.05) is 43.5 Å². The molecule has 6 rings (SSSR count). The van der Waals surface area contributed by atoms with Crippen LogP contribution in [-0.4, -0.2) is 66.9 Å². The van der Waals surface area contributed by atoms with Gasteiger partial charge >= 0.3 is 0 Å². The Kier molecular flexibility index (Phi) is 8.55. The van der Waals surface area contributed by atoms with Gasteiger partial charge in [-0.2, -0.15) is 4.31 Å². The first-order chi connectivity index (χ1) is 20.4. The van der Waals surface area contributed by atoms with Crippen molar-refractivity contribution in [3.8, 4) is 5.88 Å². The molecule has 10 nitrogen and oxygen atoms in total. The lowest BCUT2D eigenvalue weighted by atomic mass is 9.83. The number of anilines is 2. The third-order valence-corrected chi connectivity index (χ3v) is 11.5. The highest BCUT2D eigenvalue weighted by Gasteiger charge is 2.34. The Morgan fingerprint density at radius 2 is 1.81 bits per heavy atom. The summed E-state index contributed by atoms with van der Waals surface area (Å²) in [5.74, 6) is 0.579. The molecule has 1 atom stereocenters. The summed E-state index contributed by atoms with van der Waals surface area (Å²) in [7, 11) is -2.00. The zero-order valence-electron chi connectivity index (χ0n) is 23.7. The van der Waals surface area contributed by atoms with Gasteiger partial charge in [0, 0.05) is 50.3 Å². The van der Waals surface area contributed by atoms with Gasteiger partial charge in [0.25, 0.3) is 0 Å². The molecule has 0 aromatic carbocycles. The molecule has 0 radical (unpaired) electrons. The molecule has 1 saturated carbocycles. The highest BCUT2D eigenvalue weighted by Crippen LogP contribution is 2.38. The summed E-state index contributed by atoms with van der Waals surface area (Å²) in [4.78, 5) is 30.0. The molecule has 3 aliphatic rings. The third-order valence-electron chi connectivity index (χ3n) is 8.56. The Hall–Kier alpha value is -3.35. The molecule has 1 amide bonds. The van der Waals surface area contributed by atoms with E-state index in [0.29, 0.717) is 71.2 Å². The van der Waals surface area contributed by atoms with Crippen LogP contribution >= 0.6 is 11.3 Å². The SMILES string of the molecule is COc1ccc2nc(NC(=O)C(CC3CCCC3)C3=CC=C(S(=O)(=O)N4CCN(c5ccncc5)CC4)CC3)sc2n1. The molecule has 222 valence electrons. The first-order valence-electron chi connectivity index (χ1n) is 14.6. The summed E-state index contributed by atoms with van der Waals surface area (Å²) in [5.41, 5.74) is 2.75. The molecule has 2 fully saturated rings. The van der Waals surface area contributed by atoms with Gasteiger partial charge in [-0.05, 0) is 49.5 Å². The second-order valence-corrected chi connectivity index (χ2v) is 14.1. The molecule has 12 heteroatoms.